The first-order valence-electron chi connectivity index (χ1n) is 17.2. The number of rotatable bonds is 11. The number of benzene rings is 3. The molecule has 3 aliphatic rings. The Hall–Kier alpha value is -4.56. The summed E-state index contributed by atoms with van der Waals surface area (Å²) in [4.78, 5) is 32.4. The van der Waals surface area contributed by atoms with E-state index in [0.717, 1.165) is 52.5 Å². The lowest BCUT2D eigenvalue weighted by Crippen LogP contribution is -2.54. The average Bonchev–Trinajstić information content (AvgIpc) is 3.79. The van der Waals surface area contributed by atoms with Crippen LogP contribution in [0.25, 0.3) is 11.1 Å². The minimum Gasteiger partial charge on any atom is -0.497 e. The van der Waals surface area contributed by atoms with Crippen LogP contribution in [0.4, 0.5) is 5.69 Å². The maximum absolute atomic E-state index is 13.8. The van der Waals surface area contributed by atoms with Gasteiger partial charge < -0.3 is 24.3 Å². The van der Waals surface area contributed by atoms with Gasteiger partial charge in [-0.05, 0) is 104 Å². The quantitative estimate of drug-likeness (QED) is 0.178. The van der Waals surface area contributed by atoms with Crippen molar-refractivity contribution < 1.29 is 19.1 Å². The number of nitrogens with zero attached hydrogens (tertiary/aromatic N) is 3. The summed E-state index contributed by atoms with van der Waals surface area (Å²) in [5.74, 6) is 1.05. The standard InChI is InChI=1S/C40H46N4O4/c1-26-10-13-32(43-23-33-14-15-34(24-43)44(33)22-28-11-12-28)21-37(26)39(45)41-27(2)30-18-31(20-35(19-30)47-4)36-16-17-42(3)38(36)40(46)48-25-29-8-6-5-7-9-29/h5-10,13,16-21,27-28,33-34H,11-12,14-15,22-25H2,1-4H3,(H,41,45)/t27-,33-,34+/m1/s1. The van der Waals surface area contributed by atoms with Crippen molar-refractivity contribution in [2.24, 2.45) is 13.0 Å². The van der Waals surface area contributed by atoms with Gasteiger partial charge in [0.2, 0.25) is 0 Å². The highest BCUT2D eigenvalue weighted by Crippen LogP contribution is 2.38. The predicted octanol–water partition coefficient (Wildman–Crippen LogP) is 6.92. The second-order valence-corrected chi connectivity index (χ2v) is 13.9. The molecular weight excluding hydrogens is 600 g/mol. The third-order valence-electron chi connectivity index (χ3n) is 10.4. The van der Waals surface area contributed by atoms with E-state index < -0.39 is 5.97 Å². The molecule has 2 aliphatic heterocycles. The van der Waals surface area contributed by atoms with E-state index in [2.05, 4.69) is 33.3 Å². The van der Waals surface area contributed by atoms with E-state index in [1.165, 1.54) is 32.2 Å². The Morgan fingerprint density at radius 1 is 0.938 bits per heavy atom. The Morgan fingerprint density at radius 2 is 1.69 bits per heavy atom. The predicted molar refractivity (Wildman–Crippen MR) is 188 cm³/mol. The number of fused-ring (bicyclic) bond motifs is 2. The summed E-state index contributed by atoms with van der Waals surface area (Å²) in [5, 5.41) is 3.24. The van der Waals surface area contributed by atoms with Gasteiger partial charge in [-0.3, -0.25) is 9.69 Å². The largest absolute Gasteiger partial charge is 0.497 e. The molecule has 0 unspecified atom stereocenters. The molecule has 8 heteroatoms. The van der Waals surface area contributed by atoms with E-state index in [1.807, 2.05) is 81.7 Å². The highest BCUT2D eigenvalue weighted by molar-refractivity contribution is 5.97. The number of esters is 1. The van der Waals surface area contributed by atoms with Gasteiger partial charge in [0, 0.05) is 61.8 Å². The Morgan fingerprint density at radius 3 is 2.40 bits per heavy atom. The summed E-state index contributed by atoms with van der Waals surface area (Å²) in [6.07, 6.45) is 7.18. The number of piperazine rings is 1. The molecule has 3 atom stereocenters. The zero-order chi connectivity index (χ0) is 33.4. The van der Waals surface area contributed by atoms with Crippen molar-refractivity contribution in [3.05, 3.63) is 107 Å². The number of carbonyl (C=O) groups excluding carboxylic acids is 2. The molecule has 2 saturated heterocycles. The number of aromatic nitrogens is 1. The van der Waals surface area contributed by atoms with Crippen molar-refractivity contribution in [3.63, 3.8) is 0 Å². The van der Waals surface area contributed by atoms with Crippen molar-refractivity contribution in [3.8, 4) is 16.9 Å². The molecule has 0 spiro atoms. The maximum Gasteiger partial charge on any atom is 0.355 e. The number of anilines is 1. The Labute approximate surface area is 283 Å². The Bertz CT molecular complexity index is 1780. The summed E-state index contributed by atoms with van der Waals surface area (Å²) in [6.45, 7) is 7.48. The van der Waals surface area contributed by atoms with Crippen LogP contribution in [-0.4, -0.2) is 60.2 Å². The zero-order valence-corrected chi connectivity index (χ0v) is 28.4. The van der Waals surface area contributed by atoms with Gasteiger partial charge >= 0.3 is 5.97 Å². The minimum atomic E-state index is -0.403. The van der Waals surface area contributed by atoms with Crippen LogP contribution in [0.15, 0.2) is 79.0 Å². The first-order valence-corrected chi connectivity index (χ1v) is 17.2. The number of carbonyl (C=O) groups is 2. The summed E-state index contributed by atoms with van der Waals surface area (Å²) in [5.41, 5.74) is 6.58. The van der Waals surface area contributed by atoms with Gasteiger partial charge in [0.1, 0.15) is 18.1 Å². The molecule has 2 bridgehead atoms. The lowest BCUT2D eigenvalue weighted by Gasteiger charge is -2.42. The summed E-state index contributed by atoms with van der Waals surface area (Å²) in [7, 11) is 3.46. The second-order valence-electron chi connectivity index (χ2n) is 13.9. The molecule has 8 nitrogen and oxygen atoms in total. The molecule has 1 N–H and O–H groups in total. The first kappa shape index (κ1) is 32.0. The molecular formula is C40H46N4O4. The van der Waals surface area contributed by atoms with E-state index in [4.69, 9.17) is 9.47 Å². The normalized spacial score (nSPS) is 19.6. The third kappa shape index (κ3) is 6.72. The van der Waals surface area contributed by atoms with Gasteiger partial charge in [0.05, 0.1) is 13.2 Å². The molecule has 1 saturated carbocycles. The molecule has 48 heavy (non-hydrogen) atoms. The molecule has 3 aromatic carbocycles. The Balaban J connectivity index is 1.07. The molecule has 4 aromatic rings. The number of aryl methyl sites for hydroxylation is 2. The molecule has 7 rings (SSSR count). The van der Waals surface area contributed by atoms with E-state index in [0.29, 0.717) is 29.1 Å². The van der Waals surface area contributed by atoms with E-state index in [1.54, 1.807) is 11.7 Å². The zero-order valence-electron chi connectivity index (χ0n) is 28.4. The Kier molecular flexibility index (Phi) is 9.01. The van der Waals surface area contributed by atoms with E-state index >= 15 is 0 Å². The van der Waals surface area contributed by atoms with Crippen molar-refractivity contribution in [1.29, 1.82) is 0 Å². The van der Waals surface area contributed by atoms with Gasteiger partial charge in [-0.25, -0.2) is 4.79 Å². The SMILES string of the molecule is COc1cc(-c2ccn(C)c2C(=O)OCc2ccccc2)cc([C@@H](C)NC(=O)c2cc(N3C[C@H]4CC[C@@H](C3)N4CC3CC3)ccc2C)c1. The summed E-state index contributed by atoms with van der Waals surface area (Å²) in [6, 6.07) is 24.6. The van der Waals surface area contributed by atoms with Crippen molar-refractivity contribution >= 4 is 17.6 Å². The topological polar surface area (TPSA) is 76.0 Å². The van der Waals surface area contributed by atoms with Gasteiger partial charge in [0.15, 0.2) is 0 Å². The molecule has 250 valence electrons. The van der Waals surface area contributed by atoms with Crippen molar-refractivity contribution in [2.75, 3.05) is 31.6 Å². The van der Waals surface area contributed by atoms with Crippen LogP contribution in [0.3, 0.4) is 0 Å². The van der Waals surface area contributed by atoms with Crippen LogP contribution in [0.2, 0.25) is 0 Å². The summed E-state index contributed by atoms with van der Waals surface area (Å²) >= 11 is 0. The number of hydrogen-bond donors (Lipinski definition) is 1. The highest BCUT2D eigenvalue weighted by atomic mass is 16.5. The molecule has 1 aromatic heterocycles. The van der Waals surface area contributed by atoms with Crippen LogP contribution in [0, 0.1) is 12.8 Å². The van der Waals surface area contributed by atoms with Gasteiger partial charge in [-0.15, -0.1) is 0 Å². The molecule has 0 radical (unpaired) electrons. The lowest BCUT2D eigenvalue weighted by molar-refractivity contribution is 0.0462. The fraction of sp³-hybridized carbons (Fsp3) is 0.400. The number of hydrogen-bond acceptors (Lipinski definition) is 6. The summed E-state index contributed by atoms with van der Waals surface area (Å²) < 4.78 is 13.2. The molecule has 3 fully saturated rings. The van der Waals surface area contributed by atoms with Crippen LogP contribution in [0.1, 0.15) is 76.2 Å². The fourth-order valence-electron chi connectivity index (χ4n) is 7.46. The number of nitrogens with one attached hydrogen (secondary N) is 1. The fourth-order valence-corrected chi connectivity index (χ4v) is 7.46. The van der Waals surface area contributed by atoms with Crippen LogP contribution < -0.4 is 15.0 Å². The molecule has 1 aliphatic carbocycles. The highest BCUT2D eigenvalue weighted by Gasteiger charge is 2.42. The van der Waals surface area contributed by atoms with Gasteiger partial charge in [-0.1, -0.05) is 36.4 Å². The maximum atomic E-state index is 13.8. The molecule has 3 heterocycles. The van der Waals surface area contributed by atoms with Gasteiger partial charge in [0.25, 0.3) is 5.91 Å². The second kappa shape index (κ2) is 13.5. The van der Waals surface area contributed by atoms with Crippen molar-refractivity contribution in [1.82, 2.24) is 14.8 Å². The lowest BCUT2D eigenvalue weighted by atomic mass is 9.98. The minimum absolute atomic E-state index is 0.105. The van der Waals surface area contributed by atoms with E-state index in [-0.39, 0.29) is 18.6 Å². The van der Waals surface area contributed by atoms with Crippen LogP contribution in [-0.2, 0) is 18.4 Å². The van der Waals surface area contributed by atoms with Crippen molar-refractivity contribution in [2.45, 2.75) is 64.3 Å². The average molecular weight is 647 g/mol. The van der Waals surface area contributed by atoms with Crippen LogP contribution >= 0.6 is 0 Å². The molecule has 1 amide bonds. The van der Waals surface area contributed by atoms with E-state index in [9.17, 15) is 9.59 Å². The monoisotopic (exact) mass is 646 g/mol. The number of methoxy groups -OCH3 is 1. The number of amides is 1. The van der Waals surface area contributed by atoms with Crippen LogP contribution in [0.5, 0.6) is 5.75 Å². The van der Waals surface area contributed by atoms with Gasteiger partial charge in [-0.2, -0.15) is 0 Å². The number of ether oxygens (including phenoxy) is 2. The smallest absolute Gasteiger partial charge is 0.355 e. The first-order chi connectivity index (χ1) is 23.3. The third-order valence-corrected chi connectivity index (χ3v) is 10.4.